The molecule has 2 heterocycles. The minimum atomic E-state index is -1.58. The Labute approximate surface area is 202 Å². The molecule has 2 N–H and O–H groups in total. The maximum absolute atomic E-state index is 13.2. The minimum Gasteiger partial charge on any atom is -0.507 e. The average Bonchev–Trinajstić information content (AvgIpc) is 2.77. The third-order valence-corrected chi connectivity index (χ3v) is 7.25. The van der Waals surface area contributed by atoms with Crippen molar-refractivity contribution in [2.75, 3.05) is 19.5 Å². The lowest BCUT2D eigenvalue weighted by atomic mass is 9.91. The van der Waals surface area contributed by atoms with E-state index < -0.39 is 28.9 Å². The second-order valence-corrected chi connectivity index (χ2v) is 9.96. The first-order chi connectivity index (χ1) is 15.9. The van der Waals surface area contributed by atoms with Crippen molar-refractivity contribution in [2.24, 2.45) is 4.99 Å². The van der Waals surface area contributed by atoms with Gasteiger partial charge in [-0.05, 0) is 40.7 Å². The number of carboxylic acids is 1. The summed E-state index contributed by atoms with van der Waals surface area (Å²) in [7, 11) is 1.36. The summed E-state index contributed by atoms with van der Waals surface area (Å²) >= 11 is 1.30. The van der Waals surface area contributed by atoms with Crippen LogP contribution in [0.2, 0.25) is 0 Å². The number of phenolic OH excluding ortho intramolecular Hbond substituents is 1. The van der Waals surface area contributed by atoms with E-state index in [-0.39, 0.29) is 35.6 Å². The molecule has 34 heavy (non-hydrogen) atoms. The van der Waals surface area contributed by atoms with E-state index in [1.54, 1.807) is 0 Å². The van der Waals surface area contributed by atoms with Crippen molar-refractivity contribution in [1.82, 2.24) is 4.90 Å². The van der Waals surface area contributed by atoms with Crippen LogP contribution in [0.4, 0.5) is 0 Å². The van der Waals surface area contributed by atoms with Crippen LogP contribution in [0.15, 0.2) is 28.4 Å². The Kier molecular flexibility index (Phi) is 7.42. The minimum absolute atomic E-state index is 0.0795. The highest BCUT2D eigenvalue weighted by Crippen LogP contribution is 2.48. The molecule has 3 rings (SSSR count). The fraction of sp³-hybridized carbons (Fsp3) is 0.500. The van der Waals surface area contributed by atoms with Gasteiger partial charge in [-0.2, -0.15) is 0 Å². The maximum Gasteiger partial charge on any atom is 0.352 e. The Morgan fingerprint density at radius 1 is 1.26 bits per heavy atom. The highest BCUT2D eigenvalue weighted by molar-refractivity contribution is 8.00. The van der Waals surface area contributed by atoms with Gasteiger partial charge in [-0.15, -0.1) is 11.8 Å². The molecular formula is C24H30N2O7S. The van der Waals surface area contributed by atoms with Gasteiger partial charge in [0.2, 0.25) is 0 Å². The predicted molar refractivity (Wildman–Crippen MR) is 128 cm³/mol. The number of hydrogen-bond acceptors (Lipinski definition) is 8. The SMILES string of the molecule is CO[C@@]1(N=Cc2cc(C(C)C)c(O)c(C(C)C)c2)C(=O)N2C(C(=O)O)=C(COC(C)=O)CS[C@@H]21. The molecule has 2 aliphatic heterocycles. The number of carboxylic acid groups (broad SMARTS) is 1. The van der Waals surface area contributed by atoms with Crippen molar-refractivity contribution < 1.29 is 34.1 Å². The number of hydrogen-bond donors (Lipinski definition) is 2. The molecule has 2 aliphatic rings. The van der Waals surface area contributed by atoms with E-state index >= 15 is 0 Å². The van der Waals surface area contributed by atoms with Crippen LogP contribution < -0.4 is 0 Å². The second-order valence-electron chi connectivity index (χ2n) is 8.89. The standard InChI is InChI=1S/C24H30N2O7S/c1-12(2)17-7-15(8-18(13(3)4)20(17)28)9-25-24(32-6)22(31)26-19(21(29)30)16(10-33-14(5)27)11-34-23(24)26/h7-9,12-13,23,28H,10-11H2,1-6H3,(H,29,30)/t23-,24+/m1/s1. The van der Waals surface area contributed by atoms with E-state index in [9.17, 15) is 24.6 Å². The summed E-state index contributed by atoms with van der Waals surface area (Å²) in [5.41, 5.74) is 0.821. The first kappa shape index (κ1) is 25.8. The van der Waals surface area contributed by atoms with Crippen molar-refractivity contribution in [1.29, 1.82) is 0 Å². The quantitative estimate of drug-likeness (QED) is 0.323. The van der Waals surface area contributed by atoms with Crippen LogP contribution >= 0.6 is 11.8 Å². The normalized spacial score (nSPS) is 22.4. The molecule has 9 nitrogen and oxygen atoms in total. The van der Waals surface area contributed by atoms with Crippen molar-refractivity contribution >= 4 is 35.8 Å². The van der Waals surface area contributed by atoms with Crippen molar-refractivity contribution in [3.63, 3.8) is 0 Å². The van der Waals surface area contributed by atoms with Gasteiger partial charge in [0.1, 0.15) is 23.4 Å². The summed E-state index contributed by atoms with van der Waals surface area (Å²) in [4.78, 5) is 42.0. The number of benzene rings is 1. The molecule has 0 bridgehead atoms. The lowest BCUT2D eigenvalue weighted by Gasteiger charge is -2.53. The molecule has 0 aromatic heterocycles. The Balaban J connectivity index is 1.97. The van der Waals surface area contributed by atoms with Crippen molar-refractivity contribution in [3.05, 3.63) is 40.1 Å². The third-order valence-electron chi connectivity index (χ3n) is 5.89. The molecule has 1 aromatic carbocycles. The molecule has 10 heteroatoms. The van der Waals surface area contributed by atoms with Gasteiger partial charge >= 0.3 is 11.9 Å². The Hall–Kier alpha value is -2.85. The number of esters is 1. The molecular weight excluding hydrogens is 460 g/mol. The zero-order chi connectivity index (χ0) is 25.4. The summed E-state index contributed by atoms with van der Waals surface area (Å²) in [6.45, 7) is 8.96. The number of nitrogens with zero attached hydrogens (tertiary/aromatic N) is 2. The summed E-state index contributed by atoms with van der Waals surface area (Å²) in [6.07, 6.45) is 1.54. The highest BCUT2D eigenvalue weighted by atomic mass is 32.2. The topological polar surface area (TPSA) is 126 Å². The van der Waals surface area contributed by atoms with Gasteiger partial charge in [0.15, 0.2) is 0 Å². The van der Waals surface area contributed by atoms with Crippen LogP contribution in [0.25, 0.3) is 0 Å². The molecule has 0 aliphatic carbocycles. The molecule has 0 saturated carbocycles. The smallest absolute Gasteiger partial charge is 0.352 e. The number of carbonyl (C=O) groups is 3. The maximum atomic E-state index is 13.2. The Morgan fingerprint density at radius 2 is 1.85 bits per heavy atom. The van der Waals surface area contributed by atoms with Gasteiger partial charge in [-0.3, -0.25) is 14.5 Å². The summed E-state index contributed by atoms with van der Waals surface area (Å²) in [6, 6.07) is 3.65. The lowest BCUT2D eigenvalue weighted by molar-refractivity contribution is -0.182. The molecule has 1 amide bonds. The van der Waals surface area contributed by atoms with Gasteiger partial charge in [-0.1, -0.05) is 27.7 Å². The number of aromatic hydroxyl groups is 1. The van der Waals surface area contributed by atoms with E-state index in [2.05, 4.69) is 4.99 Å². The van der Waals surface area contributed by atoms with Crippen LogP contribution in [0.5, 0.6) is 5.75 Å². The second kappa shape index (κ2) is 9.79. The number of ether oxygens (including phenoxy) is 2. The zero-order valence-corrected chi connectivity index (χ0v) is 20.9. The number of thioether (sulfide) groups is 1. The molecule has 2 atom stereocenters. The Bertz CT molecular complexity index is 1050. The van der Waals surface area contributed by atoms with Crippen molar-refractivity contribution in [3.8, 4) is 5.75 Å². The summed E-state index contributed by atoms with van der Waals surface area (Å²) < 4.78 is 10.5. The number of β-lactam (4-membered cyclic amide) rings is 1. The van der Waals surface area contributed by atoms with Gasteiger partial charge in [0.05, 0.1) is 0 Å². The highest BCUT2D eigenvalue weighted by Gasteiger charge is 2.66. The van der Waals surface area contributed by atoms with Crippen molar-refractivity contribution in [2.45, 2.75) is 57.6 Å². The van der Waals surface area contributed by atoms with E-state index in [0.29, 0.717) is 11.1 Å². The van der Waals surface area contributed by atoms with Crippen LogP contribution in [-0.2, 0) is 23.9 Å². The number of carbonyl (C=O) groups excluding carboxylic acids is 2. The number of methoxy groups -OCH3 is 1. The van der Waals surface area contributed by atoms with Crippen LogP contribution in [0.3, 0.4) is 0 Å². The van der Waals surface area contributed by atoms with E-state index in [0.717, 1.165) is 16.0 Å². The molecule has 0 unspecified atom stereocenters. The van der Waals surface area contributed by atoms with E-state index in [1.165, 1.54) is 32.0 Å². The molecule has 0 radical (unpaired) electrons. The van der Waals surface area contributed by atoms with Gasteiger partial charge < -0.3 is 19.7 Å². The van der Waals surface area contributed by atoms with Gasteiger partial charge in [-0.25, -0.2) is 9.79 Å². The molecule has 1 aromatic rings. The first-order valence-electron chi connectivity index (χ1n) is 11.0. The average molecular weight is 491 g/mol. The number of phenols is 1. The monoisotopic (exact) mass is 490 g/mol. The third kappa shape index (κ3) is 4.44. The number of amides is 1. The number of aliphatic imine (C=N–C) groups is 1. The molecule has 184 valence electrons. The summed E-state index contributed by atoms with van der Waals surface area (Å²) in [5, 5.41) is 19.7. The number of aliphatic carboxylic acids is 1. The largest absolute Gasteiger partial charge is 0.507 e. The lowest BCUT2D eigenvalue weighted by Crippen LogP contribution is -2.73. The fourth-order valence-electron chi connectivity index (χ4n) is 4.06. The van der Waals surface area contributed by atoms with Crippen LogP contribution in [0, 0.1) is 0 Å². The number of fused-ring (bicyclic) bond motifs is 1. The summed E-state index contributed by atoms with van der Waals surface area (Å²) in [5.74, 6) is -1.76. The van der Waals surface area contributed by atoms with E-state index in [1.807, 2.05) is 39.8 Å². The van der Waals surface area contributed by atoms with Crippen LogP contribution in [0.1, 0.15) is 63.1 Å². The fourth-order valence-corrected chi connectivity index (χ4v) is 5.47. The Morgan fingerprint density at radius 3 is 2.32 bits per heavy atom. The first-order valence-corrected chi connectivity index (χ1v) is 12.0. The van der Waals surface area contributed by atoms with E-state index in [4.69, 9.17) is 9.47 Å². The predicted octanol–water partition coefficient (Wildman–Crippen LogP) is 3.22. The van der Waals surface area contributed by atoms with Gasteiger partial charge in [0, 0.05) is 31.6 Å². The molecule has 0 spiro atoms. The molecule has 1 fully saturated rings. The van der Waals surface area contributed by atoms with Gasteiger partial charge in [0.25, 0.3) is 11.6 Å². The zero-order valence-electron chi connectivity index (χ0n) is 20.1. The van der Waals surface area contributed by atoms with Crippen LogP contribution in [-0.4, -0.2) is 69.7 Å². The number of rotatable bonds is 8. The molecule has 1 saturated heterocycles.